The van der Waals surface area contributed by atoms with E-state index in [-0.39, 0.29) is 17.4 Å². The molecule has 13 rings (SSSR count). The highest BCUT2D eigenvalue weighted by atomic mass is 16.5. The lowest BCUT2D eigenvalue weighted by Gasteiger charge is -2.41. The van der Waals surface area contributed by atoms with Gasteiger partial charge in [0.25, 0.3) is 0 Å². The zero-order chi connectivity index (χ0) is 46.8. The highest BCUT2D eigenvalue weighted by molar-refractivity contribution is 6.01. The van der Waals surface area contributed by atoms with Crippen LogP contribution in [-0.2, 0) is 5.41 Å². The Morgan fingerprint density at radius 3 is 1.50 bits per heavy atom. The van der Waals surface area contributed by atoms with E-state index in [4.69, 9.17) is 4.74 Å². The molecule has 70 heavy (non-hydrogen) atoms. The Morgan fingerprint density at radius 2 is 0.914 bits per heavy atom. The number of rotatable bonds is 9. The molecule has 0 aromatic heterocycles. The fourth-order valence-electron chi connectivity index (χ4n) is 11.4. The van der Waals surface area contributed by atoms with E-state index < -0.39 is 0 Å². The van der Waals surface area contributed by atoms with Crippen LogP contribution in [0.15, 0.2) is 261 Å². The molecule has 0 amide bonds. The minimum atomic E-state index is -0.273. The maximum Gasteiger partial charge on any atom is 0.152 e. The van der Waals surface area contributed by atoms with Gasteiger partial charge in [-0.05, 0) is 133 Å². The van der Waals surface area contributed by atoms with Crippen molar-refractivity contribution in [3.05, 3.63) is 277 Å². The Hall–Kier alpha value is -8.66. The van der Waals surface area contributed by atoms with Gasteiger partial charge in [-0.15, -0.1) is 0 Å². The fraction of sp³-hybridized carbons (Fsp3) is 0.0746. The topological polar surface area (TPSA) is 15.7 Å². The van der Waals surface area contributed by atoms with Crippen molar-refractivity contribution in [1.29, 1.82) is 0 Å². The largest absolute Gasteiger partial charge is 0.482 e. The molecular formula is C67H50N2O. The average Bonchev–Trinajstić information content (AvgIpc) is 3.65. The van der Waals surface area contributed by atoms with Crippen LogP contribution < -0.4 is 14.5 Å². The highest BCUT2D eigenvalue weighted by Gasteiger charge is 2.40. The number of benzene rings is 10. The molecule has 1 heterocycles. The van der Waals surface area contributed by atoms with Crippen LogP contribution in [0.1, 0.15) is 36.5 Å². The van der Waals surface area contributed by atoms with Gasteiger partial charge in [0.15, 0.2) is 5.75 Å². The molecule has 0 bridgehead atoms. The molecule has 10 aromatic carbocycles. The first kappa shape index (κ1) is 41.5. The van der Waals surface area contributed by atoms with Gasteiger partial charge in [0.05, 0.1) is 11.6 Å². The number of hydrogen-bond acceptors (Lipinski definition) is 3. The van der Waals surface area contributed by atoms with E-state index in [1.807, 2.05) is 0 Å². The molecule has 1 aliphatic heterocycles. The quantitative estimate of drug-likeness (QED) is 0.144. The summed E-state index contributed by atoms with van der Waals surface area (Å²) < 4.78 is 7.55. The molecule has 0 radical (unpaired) electrons. The second-order valence-electron chi connectivity index (χ2n) is 19.2. The Kier molecular flexibility index (Phi) is 9.99. The molecule has 3 nitrogen and oxygen atoms in total. The summed E-state index contributed by atoms with van der Waals surface area (Å²) in [5.74, 6) is 0.790. The monoisotopic (exact) mass is 898 g/mol. The van der Waals surface area contributed by atoms with Gasteiger partial charge in [-0.1, -0.05) is 202 Å². The zero-order valence-electron chi connectivity index (χ0n) is 39.2. The second-order valence-corrected chi connectivity index (χ2v) is 19.2. The van der Waals surface area contributed by atoms with Crippen LogP contribution in [0.4, 0.5) is 28.4 Å². The SMILES string of the molecule is CC1(C)c2ccccc2-c2ccc(N(c3ccc(-c4ccccc4)cc3)c3ccc4cccc5c4c3OC3C=CC=C(N(c4ccc(-c6ccccc6)cc4)c4ccc(-c6ccccc6)cc4)C53)cc21. The Balaban J connectivity index is 0.963. The number of allylic oxidation sites excluding steroid dienone is 2. The molecule has 3 aliphatic rings. The van der Waals surface area contributed by atoms with Gasteiger partial charge in [-0.3, -0.25) is 0 Å². The van der Waals surface area contributed by atoms with Gasteiger partial charge in [-0.25, -0.2) is 0 Å². The van der Waals surface area contributed by atoms with Crippen molar-refractivity contribution in [2.75, 3.05) is 9.80 Å². The maximum atomic E-state index is 7.55. The van der Waals surface area contributed by atoms with E-state index in [0.717, 1.165) is 50.7 Å². The van der Waals surface area contributed by atoms with Crippen LogP contribution in [0.25, 0.3) is 55.3 Å². The molecule has 0 saturated heterocycles. The van der Waals surface area contributed by atoms with Crippen LogP contribution in [0, 0.1) is 0 Å². The second kappa shape index (κ2) is 16.8. The van der Waals surface area contributed by atoms with Crippen LogP contribution >= 0.6 is 0 Å². The molecule has 10 aromatic rings. The zero-order valence-corrected chi connectivity index (χ0v) is 39.2. The maximum absolute atomic E-state index is 7.55. The molecule has 0 saturated carbocycles. The van der Waals surface area contributed by atoms with E-state index in [0.29, 0.717) is 0 Å². The lowest BCUT2D eigenvalue weighted by Crippen LogP contribution is -2.35. The van der Waals surface area contributed by atoms with Crippen molar-refractivity contribution >= 4 is 39.2 Å². The summed E-state index contributed by atoms with van der Waals surface area (Å²) in [5, 5.41) is 2.29. The molecule has 2 unspecified atom stereocenters. The average molecular weight is 899 g/mol. The molecular weight excluding hydrogens is 849 g/mol. The smallest absolute Gasteiger partial charge is 0.152 e. The summed E-state index contributed by atoms with van der Waals surface area (Å²) in [6.45, 7) is 4.71. The third-order valence-electron chi connectivity index (χ3n) is 14.8. The lowest BCUT2D eigenvalue weighted by molar-refractivity contribution is 0.222. The van der Waals surface area contributed by atoms with Crippen LogP contribution in [0.2, 0.25) is 0 Å². The minimum Gasteiger partial charge on any atom is -0.482 e. The lowest BCUT2D eigenvalue weighted by atomic mass is 9.80. The van der Waals surface area contributed by atoms with E-state index in [9.17, 15) is 0 Å². The van der Waals surface area contributed by atoms with Crippen LogP contribution in [-0.4, -0.2) is 6.10 Å². The minimum absolute atomic E-state index is 0.100. The molecule has 2 atom stereocenters. The molecule has 2 aliphatic carbocycles. The Morgan fingerprint density at radius 1 is 0.414 bits per heavy atom. The van der Waals surface area contributed by atoms with Crippen molar-refractivity contribution in [2.24, 2.45) is 0 Å². The predicted molar refractivity (Wildman–Crippen MR) is 292 cm³/mol. The third kappa shape index (κ3) is 6.96. The summed E-state index contributed by atoms with van der Waals surface area (Å²) in [6.07, 6.45) is 6.45. The van der Waals surface area contributed by atoms with E-state index >= 15 is 0 Å². The standard InChI is InChI=1S/C67H50N2O/c1-67(2)59-25-13-12-23-56(59)57-42-41-55(44-60(57)67)69(54-39-32-50(33-40-54)47-20-10-5-11-21-47)62-43-34-51-22-14-24-58-64(51)66(62)70-63-27-15-26-61(65(58)63)68(52-35-28-48(29-36-52)45-16-6-3-7-17-45)53-37-30-49(31-38-53)46-18-8-4-9-19-46/h3-44,63,65H,1-2H3. The van der Waals surface area contributed by atoms with Gasteiger partial charge in [0.2, 0.25) is 0 Å². The van der Waals surface area contributed by atoms with E-state index in [2.05, 4.69) is 278 Å². The van der Waals surface area contributed by atoms with Crippen molar-refractivity contribution in [2.45, 2.75) is 31.3 Å². The van der Waals surface area contributed by atoms with Crippen molar-refractivity contribution in [3.63, 3.8) is 0 Å². The summed E-state index contributed by atoms with van der Waals surface area (Å²) in [5.41, 5.74) is 20.0. The van der Waals surface area contributed by atoms with Gasteiger partial charge in [-0.2, -0.15) is 0 Å². The van der Waals surface area contributed by atoms with Crippen molar-refractivity contribution in [3.8, 4) is 50.3 Å². The van der Waals surface area contributed by atoms with Gasteiger partial charge < -0.3 is 14.5 Å². The highest BCUT2D eigenvalue weighted by Crippen LogP contribution is 2.55. The summed E-state index contributed by atoms with van der Waals surface area (Å²) >= 11 is 0. The number of fused-ring (bicyclic) bond motifs is 5. The summed E-state index contributed by atoms with van der Waals surface area (Å²) in [7, 11) is 0. The third-order valence-corrected chi connectivity index (χ3v) is 14.8. The predicted octanol–water partition coefficient (Wildman–Crippen LogP) is 17.8. The molecule has 334 valence electrons. The van der Waals surface area contributed by atoms with Gasteiger partial charge in [0.1, 0.15) is 6.10 Å². The first-order chi connectivity index (χ1) is 34.5. The summed E-state index contributed by atoms with van der Waals surface area (Å²) in [6, 6.07) is 86.1. The van der Waals surface area contributed by atoms with E-state index in [1.165, 1.54) is 61.2 Å². The first-order valence-electron chi connectivity index (χ1n) is 24.4. The van der Waals surface area contributed by atoms with Crippen molar-refractivity contribution < 1.29 is 4.74 Å². The number of anilines is 5. The van der Waals surface area contributed by atoms with Crippen molar-refractivity contribution in [1.82, 2.24) is 0 Å². The molecule has 3 heteroatoms. The van der Waals surface area contributed by atoms with Gasteiger partial charge >= 0.3 is 0 Å². The number of hydrogen-bond donors (Lipinski definition) is 0. The fourth-order valence-corrected chi connectivity index (χ4v) is 11.4. The molecule has 0 spiro atoms. The van der Waals surface area contributed by atoms with Crippen LogP contribution in [0.5, 0.6) is 5.75 Å². The first-order valence-corrected chi connectivity index (χ1v) is 24.4. The van der Waals surface area contributed by atoms with Gasteiger partial charge in [0, 0.05) is 39.2 Å². The molecule has 0 N–H and O–H groups in total. The Bertz CT molecular complexity index is 3550. The number of nitrogens with zero attached hydrogens (tertiary/aromatic N) is 2. The Labute approximate surface area is 410 Å². The normalized spacial score (nSPS) is 15.8. The van der Waals surface area contributed by atoms with Crippen LogP contribution in [0.3, 0.4) is 0 Å². The summed E-state index contributed by atoms with van der Waals surface area (Å²) in [4.78, 5) is 4.85. The van der Waals surface area contributed by atoms with E-state index in [1.54, 1.807) is 0 Å². The number of ether oxygens (including phenoxy) is 1. The molecule has 0 fully saturated rings.